The zero-order valence-corrected chi connectivity index (χ0v) is 40.2. The number of hydrogen-bond donors (Lipinski definition) is 0. The van der Waals surface area contributed by atoms with Crippen molar-refractivity contribution in [2.75, 3.05) is 0 Å². The Morgan fingerprint density at radius 1 is 0.230 bits per heavy atom. The molecule has 14 aromatic rings. The lowest BCUT2D eigenvalue weighted by Crippen LogP contribution is -2.05. The Kier molecular flexibility index (Phi) is 10.4. The van der Waals surface area contributed by atoms with Gasteiger partial charge in [0.15, 0.2) is 17.5 Å². The molecule has 5 nitrogen and oxygen atoms in total. The molecule has 0 unspecified atom stereocenters. The molecule has 0 atom stereocenters. The van der Waals surface area contributed by atoms with Gasteiger partial charge in [0.25, 0.3) is 0 Å². The summed E-state index contributed by atoms with van der Waals surface area (Å²) in [7, 11) is 0. The average Bonchev–Trinajstić information content (AvgIpc) is 4.02. The quantitative estimate of drug-likeness (QED) is 0.145. The second kappa shape index (κ2) is 18.0. The summed E-state index contributed by atoms with van der Waals surface area (Å²) in [5.41, 5.74) is 18.2. The van der Waals surface area contributed by atoms with Crippen molar-refractivity contribution >= 4 is 43.6 Å². The largest absolute Gasteiger partial charge is 0.307 e. The highest BCUT2D eigenvalue weighted by Gasteiger charge is 2.26. The van der Waals surface area contributed by atoms with E-state index >= 15 is 0 Å². The van der Waals surface area contributed by atoms with Crippen LogP contribution in [0.5, 0.6) is 0 Å². The number of nitrogens with zero attached hydrogens (tertiary/aromatic N) is 5. The summed E-state index contributed by atoms with van der Waals surface area (Å²) >= 11 is 0. The van der Waals surface area contributed by atoms with Gasteiger partial charge in [0.1, 0.15) is 0 Å². The number of benzene rings is 11. The Balaban J connectivity index is 1.07. The number of aromatic nitrogens is 5. The average molecular weight is 944 g/mol. The third kappa shape index (κ3) is 7.37. The molecule has 346 valence electrons. The van der Waals surface area contributed by atoms with Crippen LogP contribution < -0.4 is 0 Å². The van der Waals surface area contributed by atoms with Crippen LogP contribution in [0.1, 0.15) is 0 Å². The molecule has 74 heavy (non-hydrogen) atoms. The van der Waals surface area contributed by atoms with Gasteiger partial charge in [0.2, 0.25) is 0 Å². The van der Waals surface area contributed by atoms with Gasteiger partial charge in [0, 0.05) is 55.0 Å². The zero-order valence-electron chi connectivity index (χ0n) is 40.2. The first kappa shape index (κ1) is 42.9. The molecule has 0 bridgehead atoms. The van der Waals surface area contributed by atoms with Crippen molar-refractivity contribution in [1.29, 1.82) is 0 Å². The lowest BCUT2D eigenvalue weighted by Gasteiger charge is -2.21. The van der Waals surface area contributed by atoms with Crippen molar-refractivity contribution in [1.82, 2.24) is 24.1 Å². The summed E-state index contributed by atoms with van der Waals surface area (Å²) in [5, 5.41) is 4.76. The summed E-state index contributed by atoms with van der Waals surface area (Å²) in [6.07, 6.45) is 0. The zero-order chi connectivity index (χ0) is 49.0. The highest BCUT2D eigenvalue weighted by atomic mass is 15.1. The van der Waals surface area contributed by atoms with E-state index in [1.165, 1.54) is 21.5 Å². The summed E-state index contributed by atoms with van der Waals surface area (Å²) in [4.78, 5) is 16.1. The van der Waals surface area contributed by atoms with Crippen LogP contribution >= 0.6 is 0 Å². The van der Waals surface area contributed by atoms with E-state index in [4.69, 9.17) is 15.0 Å². The molecule has 0 saturated carbocycles. The molecule has 0 fully saturated rings. The van der Waals surface area contributed by atoms with Crippen LogP contribution in [0.4, 0.5) is 0 Å². The fourth-order valence-corrected chi connectivity index (χ4v) is 10.9. The van der Waals surface area contributed by atoms with Crippen LogP contribution in [0.2, 0.25) is 0 Å². The maximum Gasteiger partial charge on any atom is 0.164 e. The highest BCUT2D eigenvalue weighted by molar-refractivity contribution is 6.24. The Morgan fingerprint density at radius 3 is 1.00 bits per heavy atom. The van der Waals surface area contributed by atoms with Gasteiger partial charge in [0.05, 0.1) is 27.8 Å². The minimum absolute atomic E-state index is 0.582. The monoisotopic (exact) mass is 943 g/mol. The third-order valence-corrected chi connectivity index (χ3v) is 14.4. The van der Waals surface area contributed by atoms with Crippen LogP contribution in [0.3, 0.4) is 0 Å². The van der Waals surface area contributed by atoms with Gasteiger partial charge in [-0.3, -0.25) is 0 Å². The standard InChI is InChI=1S/C69H45N5/c1-6-20-46(21-7-1)48-34-38-52(39-35-48)67-70-68(53-40-36-49(37-41-53)47-22-8-2-9-23-47)72-69(71-67)54-44-60(50-24-10-3-11-25-50)64(61(45-54)51-26-12-4-13-27-51)74-63-33-19-17-31-57(63)59-43-42-58-56-30-16-18-32-62(56)73(65(58)66(59)74)55-28-14-5-15-29-55/h1-45H. The normalized spacial score (nSPS) is 11.5. The molecule has 0 saturated heterocycles. The minimum Gasteiger partial charge on any atom is -0.307 e. The Labute approximate surface area is 428 Å². The van der Waals surface area contributed by atoms with Crippen LogP contribution in [0, 0.1) is 0 Å². The second-order valence-corrected chi connectivity index (χ2v) is 18.7. The molecule has 0 N–H and O–H groups in total. The van der Waals surface area contributed by atoms with Crippen molar-refractivity contribution in [2.24, 2.45) is 0 Å². The van der Waals surface area contributed by atoms with Gasteiger partial charge in [-0.2, -0.15) is 0 Å². The molecular formula is C69H45N5. The highest BCUT2D eigenvalue weighted by Crippen LogP contribution is 2.47. The smallest absolute Gasteiger partial charge is 0.164 e. The van der Waals surface area contributed by atoms with Crippen LogP contribution in [-0.2, 0) is 0 Å². The number of rotatable bonds is 9. The van der Waals surface area contributed by atoms with Crippen molar-refractivity contribution < 1.29 is 0 Å². The van der Waals surface area contributed by atoms with E-state index in [2.05, 4.69) is 270 Å². The van der Waals surface area contributed by atoms with Crippen molar-refractivity contribution in [3.8, 4) is 90.0 Å². The first-order valence-corrected chi connectivity index (χ1v) is 25.1. The second-order valence-electron chi connectivity index (χ2n) is 18.7. The molecule has 5 heteroatoms. The number of para-hydroxylation sites is 3. The summed E-state index contributed by atoms with van der Waals surface area (Å²) in [5.74, 6) is 1.78. The predicted octanol–water partition coefficient (Wildman–Crippen LogP) is 17.7. The summed E-state index contributed by atoms with van der Waals surface area (Å²) in [6.45, 7) is 0. The molecule has 3 heterocycles. The summed E-state index contributed by atoms with van der Waals surface area (Å²) < 4.78 is 4.99. The minimum atomic E-state index is 0.582. The molecule has 11 aromatic carbocycles. The number of hydrogen-bond acceptors (Lipinski definition) is 3. The molecule has 0 aliphatic carbocycles. The lowest BCUT2D eigenvalue weighted by atomic mass is 9.92. The van der Waals surface area contributed by atoms with Gasteiger partial charge < -0.3 is 9.13 Å². The topological polar surface area (TPSA) is 48.5 Å². The van der Waals surface area contributed by atoms with E-state index in [1.54, 1.807) is 0 Å². The van der Waals surface area contributed by atoms with E-state index in [0.717, 1.165) is 94.6 Å². The molecule has 0 aliphatic heterocycles. The SMILES string of the molecule is c1ccc(-c2ccc(-c3nc(-c4ccc(-c5ccccc5)cc4)nc(-c4cc(-c5ccccc5)c(-n5c6ccccc6c6ccc7c8ccccc8n(-c8ccccc8)c7c65)c(-c5ccccc5)c4)n3)cc2)cc1. The first-order chi connectivity index (χ1) is 36.7. The van der Waals surface area contributed by atoms with E-state index in [-0.39, 0.29) is 0 Å². The van der Waals surface area contributed by atoms with Crippen LogP contribution in [0.15, 0.2) is 273 Å². The van der Waals surface area contributed by atoms with Crippen LogP contribution in [-0.4, -0.2) is 24.1 Å². The van der Waals surface area contributed by atoms with Gasteiger partial charge in [-0.1, -0.05) is 237 Å². The third-order valence-electron chi connectivity index (χ3n) is 14.4. The first-order valence-electron chi connectivity index (χ1n) is 25.1. The van der Waals surface area contributed by atoms with E-state index in [1.807, 2.05) is 12.1 Å². The molecule has 3 aromatic heterocycles. The summed E-state index contributed by atoms with van der Waals surface area (Å²) in [6, 6.07) is 97.2. The van der Waals surface area contributed by atoms with Crippen molar-refractivity contribution in [3.63, 3.8) is 0 Å². The van der Waals surface area contributed by atoms with Gasteiger partial charge >= 0.3 is 0 Å². The maximum absolute atomic E-state index is 5.41. The molecule has 0 spiro atoms. The Hall–Kier alpha value is -9.97. The van der Waals surface area contributed by atoms with E-state index in [0.29, 0.717) is 17.5 Å². The molecule has 0 radical (unpaired) electrons. The molecule has 0 aliphatic rings. The fourth-order valence-electron chi connectivity index (χ4n) is 10.9. The molecule has 0 amide bonds. The Bertz CT molecular complexity index is 4190. The number of fused-ring (bicyclic) bond motifs is 7. The van der Waals surface area contributed by atoms with E-state index in [9.17, 15) is 0 Å². The van der Waals surface area contributed by atoms with Crippen molar-refractivity contribution in [3.05, 3.63) is 273 Å². The predicted molar refractivity (Wildman–Crippen MR) is 307 cm³/mol. The van der Waals surface area contributed by atoms with Crippen molar-refractivity contribution in [2.45, 2.75) is 0 Å². The van der Waals surface area contributed by atoms with Gasteiger partial charge in [-0.15, -0.1) is 0 Å². The van der Waals surface area contributed by atoms with Crippen LogP contribution in [0.25, 0.3) is 134 Å². The Morgan fingerprint density at radius 2 is 0.554 bits per heavy atom. The lowest BCUT2D eigenvalue weighted by molar-refractivity contribution is 1.07. The van der Waals surface area contributed by atoms with Gasteiger partial charge in [-0.25, -0.2) is 15.0 Å². The van der Waals surface area contributed by atoms with Gasteiger partial charge in [-0.05, 0) is 69.8 Å². The maximum atomic E-state index is 5.41. The molecule has 14 rings (SSSR count). The fraction of sp³-hybridized carbons (Fsp3) is 0. The van der Waals surface area contributed by atoms with E-state index < -0.39 is 0 Å². The molecular weight excluding hydrogens is 899 g/mol.